The van der Waals surface area contributed by atoms with Crippen LogP contribution in [-0.4, -0.2) is 29.8 Å². The van der Waals surface area contributed by atoms with Crippen LogP contribution >= 0.6 is 11.6 Å². The van der Waals surface area contributed by atoms with Gasteiger partial charge in [-0.3, -0.25) is 4.98 Å². The number of nitrogens with zero attached hydrogens (tertiary/aromatic N) is 1. The molecule has 0 saturated carbocycles. The maximum Gasteiger partial charge on any atom is 0.0948 e. The number of hydrogen-bond donors (Lipinski definition) is 2. The molecule has 0 amide bonds. The summed E-state index contributed by atoms with van der Waals surface area (Å²) in [4.78, 5) is 4.45. The lowest BCUT2D eigenvalue weighted by atomic mass is 9.91. The van der Waals surface area contributed by atoms with Crippen molar-refractivity contribution in [3.63, 3.8) is 0 Å². The van der Waals surface area contributed by atoms with E-state index in [2.05, 4.69) is 17.2 Å². The van der Waals surface area contributed by atoms with Crippen LogP contribution in [0.15, 0.2) is 30.5 Å². The minimum Gasteiger partial charge on any atom is -0.376 e. The first-order valence-corrected chi connectivity index (χ1v) is 7.17. The Morgan fingerprint density at radius 3 is 3.05 bits per heavy atom. The third kappa shape index (κ3) is 2.14. The second kappa shape index (κ2) is 5.20. The second-order valence-corrected chi connectivity index (χ2v) is 5.65. The number of pyridine rings is 1. The normalized spacial score (nSPS) is 26.1. The Kier molecular flexibility index (Phi) is 3.54. The Labute approximate surface area is 123 Å². The molecule has 1 saturated heterocycles. The van der Waals surface area contributed by atoms with Gasteiger partial charge in [0.1, 0.15) is 0 Å². The monoisotopic (exact) mass is 291 g/mol. The van der Waals surface area contributed by atoms with Gasteiger partial charge in [-0.1, -0.05) is 11.6 Å². The maximum absolute atomic E-state index is 6.23. The van der Waals surface area contributed by atoms with Crippen LogP contribution in [-0.2, 0) is 4.74 Å². The predicted octanol–water partition coefficient (Wildman–Crippen LogP) is 2.81. The van der Waals surface area contributed by atoms with Crippen molar-refractivity contribution in [3.8, 4) is 0 Å². The zero-order chi connectivity index (χ0) is 14.2. The molecule has 1 aliphatic heterocycles. The van der Waals surface area contributed by atoms with E-state index in [0.717, 1.165) is 29.6 Å². The average Bonchev–Trinajstić information content (AvgIpc) is 2.84. The van der Waals surface area contributed by atoms with Crippen LogP contribution in [0, 0.1) is 0 Å². The molecule has 20 heavy (non-hydrogen) atoms. The molecular weight excluding hydrogens is 274 g/mol. The summed E-state index contributed by atoms with van der Waals surface area (Å²) in [5, 5.41) is 5.20. The molecule has 3 rings (SSSR count). The minimum absolute atomic E-state index is 0.0712. The van der Waals surface area contributed by atoms with E-state index < -0.39 is 0 Å². The fraction of sp³-hybridized carbons (Fsp3) is 0.400. The summed E-state index contributed by atoms with van der Waals surface area (Å²) in [7, 11) is 0. The Balaban J connectivity index is 2.05. The van der Waals surface area contributed by atoms with Crippen LogP contribution in [0.5, 0.6) is 0 Å². The third-order valence-corrected chi connectivity index (χ3v) is 4.49. The van der Waals surface area contributed by atoms with Gasteiger partial charge in [0.15, 0.2) is 0 Å². The van der Waals surface area contributed by atoms with E-state index in [9.17, 15) is 0 Å². The summed E-state index contributed by atoms with van der Waals surface area (Å²) in [5.41, 5.74) is 7.57. The number of rotatable bonds is 3. The highest BCUT2D eigenvalue weighted by Crippen LogP contribution is 2.34. The molecule has 0 radical (unpaired) electrons. The minimum atomic E-state index is -0.238. The van der Waals surface area contributed by atoms with Crippen molar-refractivity contribution in [3.05, 3.63) is 35.5 Å². The molecule has 2 atom stereocenters. The highest BCUT2D eigenvalue weighted by atomic mass is 35.5. The summed E-state index contributed by atoms with van der Waals surface area (Å²) < 4.78 is 5.68. The molecule has 3 N–H and O–H groups in total. The van der Waals surface area contributed by atoms with Crippen molar-refractivity contribution >= 4 is 28.2 Å². The highest BCUT2D eigenvalue weighted by Gasteiger charge is 2.40. The summed E-state index contributed by atoms with van der Waals surface area (Å²) in [6.07, 6.45) is 2.73. The van der Waals surface area contributed by atoms with Crippen LogP contribution in [0.2, 0.25) is 5.02 Å². The SMILES string of the molecule is CC1OCCC1(CN)Nc1ccc(Cl)c2cccnc12. The van der Waals surface area contributed by atoms with Crippen molar-refractivity contribution in [1.82, 2.24) is 4.98 Å². The average molecular weight is 292 g/mol. The van der Waals surface area contributed by atoms with Gasteiger partial charge in [-0.2, -0.15) is 0 Å². The molecule has 4 nitrogen and oxygen atoms in total. The first-order chi connectivity index (χ1) is 9.66. The molecule has 1 fully saturated rings. The molecule has 0 bridgehead atoms. The van der Waals surface area contributed by atoms with Gasteiger partial charge in [-0.05, 0) is 37.6 Å². The smallest absolute Gasteiger partial charge is 0.0948 e. The maximum atomic E-state index is 6.23. The molecule has 2 unspecified atom stereocenters. The molecule has 2 aromatic rings. The number of benzene rings is 1. The number of anilines is 1. The van der Waals surface area contributed by atoms with Gasteiger partial charge in [-0.25, -0.2) is 0 Å². The van der Waals surface area contributed by atoms with Crippen molar-refractivity contribution in [2.45, 2.75) is 25.0 Å². The molecule has 106 valence electrons. The summed E-state index contributed by atoms with van der Waals surface area (Å²) in [6.45, 7) is 3.30. The van der Waals surface area contributed by atoms with E-state index in [1.165, 1.54) is 0 Å². The standard InChI is InChI=1S/C15H18ClN3O/c1-10-15(9-17,6-8-20-10)19-13-5-4-12(16)11-3-2-7-18-14(11)13/h2-5,7,10,19H,6,8-9,17H2,1H3. The number of ether oxygens (including phenoxy) is 1. The van der Waals surface area contributed by atoms with Crippen LogP contribution in [0.4, 0.5) is 5.69 Å². The van der Waals surface area contributed by atoms with Gasteiger partial charge in [0.25, 0.3) is 0 Å². The van der Waals surface area contributed by atoms with Crippen LogP contribution < -0.4 is 11.1 Å². The Morgan fingerprint density at radius 1 is 1.50 bits per heavy atom. The number of aromatic nitrogens is 1. The zero-order valence-corrected chi connectivity index (χ0v) is 12.2. The van der Waals surface area contributed by atoms with E-state index in [1.807, 2.05) is 24.3 Å². The lowest BCUT2D eigenvalue weighted by molar-refractivity contribution is 0.103. The number of halogens is 1. The van der Waals surface area contributed by atoms with E-state index in [4.69, 9.17) is 22.1 Å². The second-order valence-electron chi connectivity index (χ2n) is 5.24. The van der Waals surface area contributed by atoms with Gasteiger partial charge in [0.2, 0.25) is 0 Å². The number of nitrogens with one attached hydrogen (secondary N) is 1. The Morgan fingerprint density at radius 2 is 2.35 bits per heavy atom. The number of nitrogens with two attached hydrogens (primary N) is 1. The van der Waals surface area contributed by atoms with E-state index in [0.29, 0.717) is 11.6 Å². The van der Waals surface area contributed by atoms with Gasteiger partial charge < -0.3 is 15.8 Å². The number of hydrogen-bond acceptors (Lipinski definition) is 4. The highest BCUT2D eigenvalue weighted by molar-refractivity contribution is 6.35. The molecule has 1 aliphatic rings. The number of fused-ring (bicyclic) bond motifs is 1. The summed E-state index contributed by atoms with van der Waals surface area (Å²) >= 11 is 6.23. The van der Waals surface area contributed by atoms with E-state index >= 15 is 0 Å². The summed E-state index contributed by atoms with van der Waals surface area (Å²) in [5.74, 6) is 0. The van der Waals surface area contributed by atoms with Crippen molar-refractivity contribution < 1.29 is 4.74 Å². The molecule has 1 aromatic carbocycles. The Hall–Kier alpha value is -1.36. The van der Waals surface area contributed by atoms with Crippen molar-refractivity contribution in [2.24, 2.45) is 5.73 Å². The first-order valence-electron chi connectivity index (χ1n) is 6.79. The lowest BCUT2D eigenvalue weighted by Crippen LogP contribution is -2.50. The van der Waals surface area contributed by atoms with Gasteiger partial charge in [-0.15, -0.1) is 0 Å². The van der Waals surface area contributed by atoms with E-state index in [-0.39, 0.29) is 11.6 Å². The largest absolute Gasteiger partial charge is 0.376 e. The van der Waals surface area contributed by atoms with Crippen LogP contribution in [0.1, 0.15) is 13.3 Å². The van der Waals surface area contributed by atoms with Crippen molar-refractivity contribution in [1.29, 1.82) is 0 Å². The molecule has 2 heterocycles. The molecule has 0 aliphatic carbocycles. The predicted molar refractivity (Wildman–Crippen MR) is 82.2 cm³/mol. The van der Waals surface area contributed by atoms with Gasteiger partial charge in [0, 0.05) is 24.7 Å². The quantitative estimate of drug-likeness (QED) is 0.913. The third-order valence-electron chi connectivity index (χ3n) is 4.16. The van der Waals surface area contributed by atoms with Crippen LogP contribution in [0.25, 0.3) is 10.9 Å². The molecular formula is C15H18ClN3O. The van der Waals surface area contributed by atoms with Crippen LogP contribution in [0.3, 0.4) is 0 Å². The fourth-order valence-corrected chi connectivity index (χ4v) is 2.99. The summed E-state index contributed by atoms with van der Waals surface area (Å²) in [6, 6.07) is 7.70. The van der Waals surface area contributed by atoms with Crippen molar-refractivity contribution in [2.75, 3.05) is 18.5 Å². The van der Waals surface area contributed by atoms with Gasteiger partial charge in [0.05, 0.1) is 27.9 Å². The fourth-order valence-electron chi connectivity index (χ4n) is 2.77. The molecule has 1 aromatic heterocycles. The Bertz CT molecular complexity index is 634. The zero-order valence-electron chi connectivity index (χ0n) is 11.4. The van der Waals surface area contributed by atoms with E-state index in [1.54, 1.807) is 6.20 Å². The first kappa shape index (κ1) is 13.6. The molecule has 5 heteroatoms. The molecule has 0 spiro atoms. The topological polar surface area (TPSA) is 60.2 Å². The lowest BCUT2D eigenvalue weighted by Gasteiger charge is -2.33. The van der Waals surface area contributed by atoms with Gasteiger partial charge >= 0.3 is 0 Å².